The number of rotatable bonds is 2. The molecule has 0 saturated carbocycles. The molecule has 0 aliphatic rings. The maximum absolute atomic E-state index is 11.6. The van der Waals surface area contributed by atoms with Crippen LogP contribution in [0.2, 0.25) is 0 Å². The van der Waals surface area contributed by atoms with Gasteiger partial charge in [-0.25, -0.2) is 18.1 Å². The molecule has 0 unspecified atom stereocenters. The lowest BCUT2D eigenvalue weighted by Crippen LogP contribution is -2.14. The molecule has 0 aliphatic carbocycles. The molecule has 17 heavy (non-hydrogen) atoms. The van der Waals surface area contributed by atoms with Crippen LogP contribution in [-0.4, -0.2) is 29.4 Å². The number of pyridine rings is 1. The number of nitrogens with one attached hydrogen (secondary N) is 1. The first kappa shape index (κ1) is 11.4. The molecule has 0 radical (unpaired) electrons. The second kappa shape index (κ2) is 3.74. The largest absolute Gasteiger partial charge is 0.397 e. The standard InChI is InChI=1S/C9H10N4O3S/c1-17(15,16)8-4-9(14)13(12-8)7-3-2-6(10)5-11-7/h2-5,12H,10H2,1H3. The third-order valence-electron chi connectivity index (χ3n) is 2.10. The van der Waals surface area contributed by atoms with E-state index >= 15 is 0 Å². The van der Waals surface area contributed by atoms with Gasteiger partial charge in [0.05, 0.1) is 11.9 Å². The molecule has 0 amide bonds. The predicted octanol–water partition coefficient (Wildman–Crippen LogP) is -0.454. The number of aromatic amines is 1. The SMILES string of the molecule is CS(=O)(=O)c1cc(=O)n(-c2ccc(N)cn2)[nH]1. The van der Waals surface area contributed by atoms with Gasteiger partial charge in [0.15, 0.2) is 20.7 Å². The van der Waals surface area contributed by atoms with Gasteiger partial charge in [-0.1, -0.05) is 0 Å². The van der Waals surface area contributed by atoms with Crippen molar-refractivity contribution in [1.29, 1.82) is 0 Å². The van der Waals surface area contributed by atoms with E-state index in [9.17, 15) is 13.2 Å². The number of H-pyrrole nitrogens is 1. The van der Waals surface area contributed by atoms with Gasteiger partial charge in [-0.15, -0.1) is 0 Å². The Bertz CT molecular complexity index is 697. The van der Waals surface area contributed by atoms with Gasteiger partial charge in [-0.05, 0) is 12.1 Å². The van der Waals surface area contributed by atoms with E-state index in [0.29, 0.717) is 5.69 Å². The van der Waals surface area contributed by atoms with Gasteiger partial charge in [0, 0.05) is 12.3 Å². The van der Waals surface area contributed by atoms with E-state index in [0.717, 1.165) is 17.0 Å². The first-order valence-corrected chi connectivity index (χ1v) is 6.51. The van der Waals surface area contributed by atoms with E-state index in [1.807, 2.05) is 0 Å². The summed E-state index contributed by atoms with van der Waals surface area (Å²) in [6, 6.07) is 4.09. The number of sulfone groups is 1. The number of hydrogen-bond acceptors (Lipinski definition) is 5. The summed E-state index contributed by atoms with van der Waals surface area (Å²) in [6.07, 6.45) is 2.39. The lowest BCUT2D eigenvalue weighted by Gasteiger charge is -2.00. The third-order valence-corrected chi connectivity index (χ3v) is 3.10. The lowest BCUT2D eigenvalue weighted by molar-refractivity contribution is 0.596. The molecule has 2 aromatic heterocycles. The highest BCUT2D eigenvalue weighted by atomic mass is 32.2. The van der Waals surface area contributed by atoms with Crippen molar-refractivity contribution in [2.75, 3.05) is 12.0 Å². The first-order valence-electron chi connectivity index (χ1n) is 4.62. The van der Waals surface area contributed by atoms with Gasteiger partial charge >= 0.3 is 0 Å². The van der Waals surface area contributed by atoms with Crippen molar-refractivity contribution in [3.63, 3.8) is 0 Å². The Balaban J connectivity index is 2.58. The van der Waals surface area contributed by atoms with Crippen LogP contribution in [0, 0.1) is 0 Å². The highest BCUT2D eigenvalue weighted by Gasteiger charge is 2.13. The molecule has 0 spiro atoms. The molecular weight excluding hydrogens is 244 g/mol. The van der Waals surface area contributed by atoms with E-state index in [4.69, 9.17) is 5.73 Å². The molecular formula is C9H10N4O3S. The van der Waals surface area contributed by atoms with E-state index in [2.05, 4.69) is 10.1 Å². The Morgan fingerprint density at radius 3 is 2.59 bits per heavy atom. The number of aromatic nitrogens is 3. The molecule has 0 atom stereocenters. The molecule has 90 valence electrons. The highest BCUT2D eigenvalue weighted by molar-refractivity contribution is 7.90. The van der Waals surface area contributed by atoms with Crippen molar-refractivity contribution in [2.24, 2.45) is 0 Å². The topological polar surface area (TPSA) is 111 Å². The summed E-state index contributed by atoms with van der Waals surface area (Å²) < 4.78 is 23.6. The molecule has 8 heteroatoms. The van der Waals surface area contributed by atoms with Crippen LogP contribution in [0.4, 0.5) is 5.69 Å². The van der Waals surface area contributed by atoms with Crippen LogP contribution in [-0.2, 0) is 9.84 Å². The predicted molar refractivity (Wildman–Crippen MR) is 61.7 cm³/mol. The van der Waals surface area contributed by atoms with Crippen molar-refractivity contribution in [3.05, 3.63) is 34.7 Å². The second-order valence-electron chi connectivity index (χ2n) is 3.52. The molecule has 2 heterocycles. The van der Waals surface area contributed by atoms with Crippen LogP contribution < -0.4 is 11.3 Å². The summed E-state index contributed by atoms with van der Waals surface area (Å²) in [4.78, 5) is 15.5. The van der Waals surface area contributed by atoms with Gasteiger partial charge in [-0.2, -0.15) is 0 Å². The zero-order chi connectivity index (χ0) is 12.6. The molecule has 7 nitrogen and oxygen atoms in total. The fraction of sp³-hybridized carbons (Fsp3) is 0.111. The maximum atomic E-state index is 11.6. The summed E-state index contributed by atoms with van der Waals surface area (Å²) >= 11 is 0. The number of nitrogens with zero attached hydrogens (tertiary/aromatic N) is 2. The Morgan fingerprint density at radius 1 is 1.41 bits per heavy atom. The first-order chi connectivity index (χ1) is 7.88. The Morgan fingerprint density at radius 2 is 2.12 bits per heavy atom. The van der Waals surface area contributed by atoms with E-state index < -0.39 is 15.4 Å². The van der Waals surface area contributed by atoms with Crippen molar-refractivity contribution in [2.45, 2.75) is 5.03 Å². The van der Waals surface area contributed by atoms with Crippen LogP contribution in [0.25, 0.3) is 5.82 Å². The van der Waals surface area contributed by atoms with Crippen molar-refractivity contribution in [1.82, 2.24) is 14.8 Å². The molecule has 2 rings (SSSR count). The zero-order valence-electron chi connectivity index (χ0n) is 8.91. The van der Waals surface area contributed by atoms with Gasteiger partial charge in [-0.3, -0.25) is 9.89 Å². The molecule has 0 bridgehead atoms. The lowest BCUT2D eigenvalue weighted by atomic mass is 10.4. The maximum Gasteiger partial charge on any atom is 0.273 e. The fourth-order valence-electron chi connectivity index (χ4n) is 1.26. The molecule has 0 saturated heterocycles. The van der Waals surface area contributed by atoms with Crippen LogP contribution in [0.3, 0.4) is 0 Å². The van der Waals surface area contributed by atoms with Gasteiger partial charge in [0.25, 0.3) is 5.56 Å². The highest BCUT2D eigenvalue weighted by Crippen LogP contribution is 2.06. The summed E-state index contributed by atoms with van der Waals surface area (Å²) in [5.41, 5.74) is 5.42. The third kappa shape index (κ3) is 2.21. The average Bonchev–Trinajstić information content (AvgIpc) is 2.61. The second-order valence-corrected chi connectivity index (χ2v) is 5.50. The molecule has 3 N–H and O–H groups in total. The molecule has 0 aliphatic heterocycles. The molecule has 0 fully saturated rings. The summed E-state index contributed by atoms with van der Waals surface area (Å²) in [5, 5.41) is 2.32. The van der Waals surface area contributed by atoms with Gasteiger partial charge in [0.2, 0.25) is 0 Å². The van der Waals surface area contributed by atoms with Crippen LogP contribution in [0.1, 0.15) is 0 Å². The zero-order valence-corrected chi connectivity index (χ0v) is 9.73. The summed E-state index contributed by atoms with van der Waals surface area (Å²) in [5.74, 6) is 0.277. The van der Waals surface area contributed by atoms with E-state index in [-0.39, 0.29) is 10.8 Å². The van der Waals surface area contributed by atoms with Gasteiger partial charge < -0.3 is 5.73 Å². The Labute approximate surface area is 96.8 Å². The van der Waals surface area contributed by atoms with E-state index in [1.54, 1.807) is 6.07 Å². The number of nitrogens with two attached hydrogens (primary N) is 1. The summed E-state index contributed by atoms with van der Waals surface area (Å²) in [6.45, 7) is 0. The van der Waals surface area contributed by atoms with Crippen LogP contribution in [0.5, 0.6) is 0 Å². The van der Waals surface area contributed by atoms with Crippen molar-refractivity contribution in [3.8, 4) is 5.82 Å². The number of hydrogen-bond donors (Lipinski definition) is 2. The van der Waals surface area contributed by atoms with Crippen molar-refractivity contribution < 1.29 is 8.42 Å². The monoisotopic (exact) mass is 254 g/mol. The quantitative estimate of drug-likeness (QED) is 0.753. The average molecular weight is 254 g/mol. The van der Waals surface area contributed by atoms with Crippen molar-refractivity contribution >= 4 is 15.5 Å². The van der Waals surface area contributed by atoms with E-state index in [1.165, 1.54) is 12.3 Å². The fourth-order valence-corrected chi connectivity index (χ4v) is 1.84. The van der Waals surface area contributed by atoms with Gasteiger partial charge in [0.1, 0.15) is 0 Å². The molecule has 2 aromatic rings. The number of anilines is 1. The minimum absolute atomic E-state index is 0.152. The van der Waals surface area contributed by atoms with Crippen LogP contribution in [0.15, 0.2) is 34.2 Å². The Kier molecular flexibility index (Phi) is 2.50. The smallest absolute Gasteiger partial charge is 0.273 e. The summed E-state index contributed by atoms with van der Waals surface area (Å²) in [7, 11) is -3.45. The minimum Gasteiger partial charge on any atom is -0.397 e. The number of nitrogen functional groups attached to an aromatic ring is 1. The molecule has 0 aromatic carbocycles. The van der Waals surface area contributed by atoms with Crippen LogP contribution >= 0.6 is 0 Å². The normalized spacial score (nSPS) is 11.6. The Hall–Kier alpha value is -2.09. The minimum atomic E-state index is -3.45.